The van der Waals surface area contributed by atoms with Gasteiger partial charge in [-0.3, -0.25) is 4.28 Å². The number of allylic oxidation sites excluding steroid dienone is 2. The van der Waals surface area contributed by atoms with E-state index in [-0.39, 0.29) is 0 Å². The molecule has 0 N–H and O–H groups in total. The zero-order valence-corrected chi connectivity index (χ0v) is 14.3. The zero-order valence-electron chi connectivity index (χ0n) is 11.8. The summed E-state index contributed by atoms with van der Waals surface area (Å²) in [5.74, 6) is 0. The molecule has 1 aromatic carbocycles. The van der Waals surface area contributed by atoms with Crippen LogP contribution in [0.5, 0.6) is 0 Å². The highest BCUT2D eigenvalue weighted by atomic mass is 32.2. The van der Waals surface area contributed by atoms with Gasteiger partial charge in [0.2, 0.25) is 0 Å². The van der Waals surface area contributed by atoms with Gasteiger partial charge in [-0.05, 0) is 36.1 Å². The van der Waals surface area contributed by atoms with Crippen molar-refractivity contribution < 1.29 is 12.7 Å². The lowest BCUT2D eigenvalue weighted by molar-refractivity contribution is 0.345. The predicted molar refractivity (Wildman–Crippen MR) is 90.9 cm³/mol. The summed E-state index contributed by atoms with van der Waals surface area (Å²) in [6.45, 7) is 0. The normalized spacial score (nSPS) is 18.3. The SMILES string of the molecule is CSc1ccc(/C(C#N)=C2C=C/C(=N\OS(C)(=O)=O)S/2)cc1. The second kappa shape index (κ2) is 7.05. The molecule has 0 saturated carbocycles. The molecule has 0 atom stereocenters. The Bertz CT molecular complexity index is 801. The fourth-order valence-electron chi connectivity index (χ4n) is 1.64. The van der Waals surface area contributed by atoms with Crippen LogP contribution in [0.15, 0.2) is 51.4 Å². The molecule has 1 aromatic rings. The number of rotatable bonds is 4. The van der Waals surface area contributed by atoms with Crippen LogP contribution in [-0.4, -0.2) is 26.0 Å². The summed E-state index contributed by atoms with van der Waals surface area (Å²) >= 11 is 2.82. The van der Waals surface area contributed by atoms with Crippen molar-refractivity contribution in [3.63, 3.8) is 0 Å². The first kappa shape index (κ1) is 16.7. The molecule has 1 heterocycles. The molecular weight excluding hydrogens is 340 g/mol. The smallest absolute Gasteiger partial charge is 0.268 e. The summed E-state index contributed by atoms with van der Waals surface area (Å²) < 4.78 is 26.2. The van der Waals surface area contributed by atoms with Crippen LogP contribution in [0.3, 0.4) is 0 Å². The zero-order chi connectivity index (χ0) is 16.2. The lowest BCUT2D eigenvalue weighted by Gasteiger charge is -2.03. The first-order valence-corrected chi connectivity index (χ1v) is 9.90. The summed E-state index contributed by atoms with van der Waals surface area (Å²) in [5.41, 5.74) is 1.32. The van der Waals surface area contributed by atoms with E-state index in [1.54, 1.807) is 23.9 Å². The minimum atomic E-state index is -3.63. The fraction of sp³-hybridized carbons (Fsp3) is 0.143. The van der Waals surface area contributed by atoms with E-state index in [4.69, 9.17) is 0 Å². The van der Waals surface area contributed by atoms with Crippen LogP contribution in [0, 0.1) is 11.3 Å². The Kier molecular flexibility index (Phi) is 5.34. The summed E-state index contributed by atoms with van der Waals surface area (Å²) in [5, 5.41) is 13.3. The van der Waals surface area contributed by atoms with E-state index in [1.165, 1.54) is 11.8 Å². The summed E-state index contributed by atoms with van der Waals surface area (Å²) in [6, 6.07) is 9.84. The van der Waals surface area contributed by atoms with Crippen LogP contribution in [0.25, 0.3) is 5.57 Å². The van der Waals surface area contributed by atoms with Gasteiger partial charge in [0, 0.05) is 9.80 Å². The van der Waals surface area contributed by atoms with Gasteiger partial charge in [-0.2, -0.15) is 13.7 Å². The Morgan fingerprint density at radius 1 is 1.32 bits per heavy atom. The number of hydrogen-bond acceptors (Lipinski definition) is 7. The second-order valence-corrected chi connectivity index (χ2v) is 7.72. The van der Waals surface area contributed by atoms with E-state index in [0.29, 0.717) is 15.5 Å². The molecule has 5 nitrogen and oxygen atoms in total. The number of benzene rings is 1. The molecular formula is C14H12N2O3S3. The van der Waals surface area contributed by atoms with E-state index < -0.39 is 10.1 Å². The van der Waals surface area contributed by atoms with E-state index in [2.05, 4.69) is 15.5 Å². The van der Waals surface area contributed by atoms with Crippen molar-refractivity contribution in [2.24, 2.45) is 5.16 Å². The number of hydrogen-bond donors (Lipinski definition) is 0. The van der Waals surface area contributed by atoms with Gasteiger partial charge in [-0.25, -0.2) is 0 Å². The van der Waals surface area contributed by atoms with Crippen molar-refractivity contribution in [1.82, 2.24) is 0 Å². The topological polar surface area (TPSA) is 79.5 Å². The van der Waals surface area contributed by atoms with Gasteiger partial charge in [0.25, 0.3) is 0 Å². The van der Waals surface area contributed by atoms with Crippen LogP contribution in [0.2, 0.25) is 0 Å². The molecule has 0 aliphatic carbocycles. The molecule has 0 aromatic heterocycles. The van der Waals surface area contributed by atoms with Crippen molar-refractivity contribution in [2.45, 2.75) is 4.90 Å². The maximum atomic E-state index is 10.9. The standard InChI is InChI=1S/C14H12N2O3S3/c1-20-11-5-3-10(4-6-11)12(9-15)13-7-8-14(21-13)16-19-22(2,17)18/h3-8H,1-2H3/b13-12-,16-14+. The van der Waals surface area contributed by atoms with Gasteiger partial charge in [0.1, 0.15) is 11.1 Å². The largest absolute Gasteiger partial charge is 0.325 e. The molecule has 0 unspecified atom stereocenters. The molecule has 0 fully saturated rings. The Hall–Kier alpha value is -1.69. The molecule has 1 aliphatic heterocycles. The van der Waals surface area contributed by atoms with E-state index >= 15 is 0 Å². The van der Waals surface area contributed by atoms with E-state index in [9.17, 15) is 13.7 Å². The van der Waals surface area contributed by atoms with Gasteiger partial charge < -0.3 is 0 Å². The molecule has 0 saturated heterocycles. The first-order valence-electron chi connectivity index (χ1n) is 6.04. The van der Waals surface area contributed by atoms with Gasteiger partial charge >= 0.3 is 10.1 Å². The summed E-state index contributed by atoms with van der Waals surface area (Å²) in [4.78, 5) is 1.82. The molecule has 8 heteroatoms. The van der Waals surface area contributed by atoms with Crippen LogP contribution in [0.1, 0.15) is 5.56 Å². The Morgan fingerprint density at radius 2 is 2.00 bits per heavy atom. The van der Waals surface area contributed by atoms with Gasteiger partial charge in [-0.15, -0.1) is 11.8 Å². The van der Waals surface area contributed by atoms with Crippen molar-refractivity contribution >= 4 is 44.3 Å². The average Bonchev–Trinajstić information content (AvgIpc) is 2.95. The molecule has 22 heavy (non-hydrogen) atoms. The predicted octanol–water partition coefficient (Wildman–Crippen LogP) is 3.24. The van der Waals surface area contributed by atoms with Gasteiger partial charge in [0.15, 0.2) is 0 Å². The maximum absolute atomic E-state index is 10.9. The highest BCUT2D eigenvalue weighted by Gasteiger charge is 2.16. The van der Waals surface area contributed by atoms with Crippen molar-refractivity contribution in [3.8, 4) is 6.07 Å². The lowest BCUT2D eigenvalue weighted by Crippen LogP contribution is -1.98. The van der Waals surface area contributed by atoms with Crippen LogP contribution in [0.4, 0.5) is 0 Å². The molecule has 0 spiro atoms. The Morgan fingerprint density at radius 3 is 2.55 bits per heavy atom. The molecule has 0 radical (unpaired) electrons. The molecule has 1 aliphatic rings. The summed E-state index contributed by atoms with van der Waals surface area (Å²) in [7, 11) is -3.63. The van der Waals surface area contributed by atoms with Crippen LogP contribution in [-0.2, 0) is 14.4 Å². The summed E-state index contributed by atoms with van der Waals surface area (Å²) in [6.07, 6.45) is 6.23. The first-order chi connectivity index (χ1) is 10.4. The van der Waals surface area contributed by atoms with Crippen molar-refractivity contribution in [3.05, 3.63) is 46.9 Å². The average molecular weight is 352 g/mol. The highest BCUT2D eigenvalue weighted by Crippen LogP contribution is 2.34. The highest BCUT2D eigenvalue weighted by molar-refractivity contribution is 8.18. The minimum Gasteiger partial charge on any atom is -0.268 e. The van der Waals surface area contributed by atoms with Crippen LogP contribution < -0.4 is 0 Å². The van der Waals surface area contributed by atoms with Crippen molar-refractivity contribution in [2.75, 3.05) is 12.5 Å². The van der Waals surface area contributed by atoms with Gasteiger partial charge in [-0.1, -0.05) is 29.1 Å². The Balaban J connectivity index is 2.26. The number of nitrogens with zero attached hydrogens (tertiary/aromatic N) is 2. The lowest BCUT2D eigenvalue weighted by atomic mass is 10.1. The molecule has 0 amide bonds. The third-order valence-electron chi connectivity index (χ3n) is 2.59. The van der Waals surface area contributed by atoms with Gasteiger partial charge in [0.05, 0.1) is 11.8 Å². The molecule has 0 bridgehead atoms. The third-order valence-corrected chi connectivity index (χ3v) is 4.66. The second-order valence-electron chi connectivity index (χ2n) is 4.22. The quantitative estimate of drug-likeness (QED) is 0.470. The number of nitriles is 1. The monoisotopic (exact) mass is 352 g/mol. The van der Waals surface area contributed by atoms with E-state index in [1.807, 2.05) is 30.5 Å². The van der Waals surface area contributed by atoms with Crippen molar-refractivity contribution in [1.29, 1.82) is 5.26 Å². The molecule has 114 valence electrons. The number of oxime groups is 1. The fourth-order valence-corrected chi connectivity index (χ4v) is 3.14. The van der Waals surface area contributed by atoms with Crippen LogP contribution >= 0.6 is 23.5 Å². The maximum Gasteiger partial charge on any atom is 0.325 e. The Labute approximate surface area is 137 Å². The third kappa shape index (κ3) is 4.40. The number of thioether (sulfide) groups is 2. The molecule has 2 rings (SSSR count). The minimum absolute atomic E-state index is 0.383. The van der Waals surface area contributed by atoms with E-state index in [0.717, 1.165) is 16.7 Å².